The van der Waals surface area contributed by atoms with Gasteiger partial charge in [0.1, 0.15) is 12.6 Å². The first-order chi connectivity index (χ1) is 16.9. The van der Waals surface area contributed by atoms with E-state index in [1.807, 2.05) is 48.5 Å². The number of aliphatic carboxylic acids is 1. The minimum atomic E-state index is -1.23. The van der Waals surface area contributed by atoms with Gasteiger partial charge < -0.3 is 24.8 Å². The summed E-state index contributed by atoms with van der Waals surface area (Å²) in [6, 6.07) is 14.7. The van der Waals surface area contributed by atoms with Crippen molar-refractivity contribution in [1.29, 1.82) is 0 Å². The van der Waals surface area contributed by atoms with E-state index in [4.69, 9.17) is 9.47 Å². The summed E-state index contributed by atoms with van der Waals surface area (Å²) in [5.74, 6) is -1.40. The molecule has 0 aliphatic heterocycles. The Balaban J connectivity index is 1.39. The summed E-state index contributed by atoms with van der Waals surface area (Å²) < 4.78 is 11.1. The van der Waals surface area contributed by atoms with Crippen molar-refractivity contribution < 1.29 is 29.0 Å². The number of fused-ring (bicyclic) bond motifs is 3. The minimum Gasteiger partial charge on any atom is -0.481 e. The zero-order valence-electron chi connectivity index (χ0n) is 20.1. The molecule has 2 atom stereocenters. The van der Waals surface area contributed by atoms with Gasteiger partial charge in [-0.15, -0.1) is 0 Å². The zero-order chi connectivity index (χ0) is 24.9. The van der Waals surface area contributed by atoms with Gasteiger partial charge in [-0.3, -0.25) is 9.59 Å². The van der Waals surface area contributed by atoms with Crippen LogP contribution in [0.25, 0.3) is 11.1 Å². The molecule has 2 N–H and O–H groups in total. The number of amides is 2. The fourth-order valence-corrected chi connectivity index (χ4v) is 5.01. The number of benzene rings is 2. The number of carboxylic acid groups (broad SMARTS) is 1. The summed E-state index contributed by atoms with van der Waals surface area (Å²) in [4.78, 5) is 38.5. The zero-order valence-corrected chi connectivity index (χ0v) is 20.1. The molecule has 1 fully saturated rings. The molecule has 35 heavy (non-hydrogen) atoms. The third kappa shape index (κ3) is 5.48. The Morgan fingerprint density at radius 1 is 1.06 bits per heavy atom. The summed E-state index contributed by atoms with van der Waals surface area (Å²) in [6.07, 6.45) is 1.79. The fourth-order valence-electron chi connectivity index (χ4n) is 5.01. The monoisotopic (exact) mass is 480 g/mol. The number of nitrogens with zero attached hydrogens (tertiary/aromatic N) is 1. The Labute approximate surface area is 205 Å². The van der Waals surface area contributed by atoms with Crippen LogP contribution in [0.5, 0.6) is 0 Å². The summed E-state index contributed by atoms with van der Waals surface area (Å²) in [5, 5.41) is 11.8. The van der Waals surface area contributed by atoms with Crippen LogP contribution in [0.2, 0.25) is 0 Å². The molecule has 1 saturated carbocycles. The molecule has 8 heteroatoms. The molecule has 8 nitrogen and oxygen atoms in total. The van der Waals surface area contributed by atoms with Crippen molar-refractivity contribution in [3.63, 3.8) is 0 Å². The molecule has 2 aliphatic carbocycles. The highest BCUT2D eigenvalue weighted by atomic mass is 16.5. The normalized spacial score (nSPS) is 16.4. The number of hydrogen-bond acceptors (Lipinski definition) is 5. The number of hydrogen-bond donors (Lipinski definition) is 2. The summed E-state index contributed by atoms with van der Waals surface area (Å²) >= 11 is 0. The smallest absolute Gasteiger partial charge is 0.407 e. The average molecular weight is 481 g/mol. The van der Waals surface area contributed by atoms with Crippen molar-refractivity contribution in [2.45, 2.75) is 43.7 Å². The van der Waals surface area contributed by atoms with Crippen LogP contribution in [-0.2, 0) is 19.1 Å². The lowest BCUT2D eigenvalue weighted by Crippen LogP contribution is -2.51. The van der Waals surface area contributed by atoms with E-state index in [1.54, 1.807) is 14.2 Å². The van der Waals surface area contributed by atoms with Gasteiger partial charge in [-0.1, -0.05) is 55.0 Å². The molecule has 2 aromatic rings. The summed E-state index contributed by atoms with van der Waals surface area (Å²) in [7, 11) is 3.21. The van der Waals surface area contributed by atoms with Gasteiger partial charge in [-0.25, -0.2) is 4.79 Å². The fraction of sp³-hybridized carbons (Fsp3) is 0.444. The van der Waals surface area contributed by atoms with Crippen LogP contribution in [0.1, 0.15) is 42.7 Å². The molecule has 2 aromatic carbocycles. The second-order valence-corrected chi connectivity index (χ2v) is 9.30. The summed E-state index contributed by atoms with van der Waals surface area (Å²) in [5.41, 5.74) is 4.36. The number of carboxylic acids is 1. The van der Waals surface area contributed by atoms with Crippen LogP contribution in [-0.4, -0.2) is 67.4 Å². The molecule has 0 bridgehead atoms. The molecule has 0 saturated heterocycles. The number of ether oxygens (including phenoxy) is 2. The molecular weight excluding hydrogens is 448 g/mol. The van der Waals surface area contributed by atoms with E-state index in [2.05, 4.69) is 5.32 Å². The van der Waals surface area contributed by atoms with Crippen LogP contribution in [0.3, 0.4) is 0 Å². The second kappa shape index (κ2) is 10.9. The van der Waals surface area contributed by atoms with Gasteiger partial charge in [0.25, 0.3) is 0 Å². The highest BCUT2D eigenvalue weighted by Gasteiger charge is 2.33. The number of carbonyl (C=O) groups is 3. The molecule has 0 aromatic heterocycles. The first kappa shape index (κ1) is 24.7. The number of likely N-dealkylation sites (N-methyl/N-ethyl adjacent to an activating group) is 1. The minimum absolute atomic E-state index is 0.0805. The number of nitrogens with one attached hydrogen (secondary N) is 1. The predicted molar refractivity (Wildman–Crippen MR) is 130 cm³/mol. The van der Waals surface area contributed by atoms with Gasteiger partial charge in [0.05, 0.1) is 12.5 Å². The van der Waals surface area contributed by atoms with E-state index in [0.29, 0.717) is 12.5 Å². The van der Waals surface area contributed by atoms with E-state index in [0.717, 1.165) is 41.5 Å². The Morgan fingerprint density at radius 3 is 2.17 bits per heavy atom. The first-order valence-electron chi connectivity index (χ1n) is 12.0. The number of carbonyl (C=O) groups excluding carboxylic acids is 2. The molecule has 2 unspecified atom stereocenters. The Hall–Kier alpha value is -3.39. The Morgan fingerprint density at radius 2 is 1.66 bits per heavy atom. The molecule has 4 rings (SSSR count). The average Bonchev–Trinajstić information content (AvgIpc) is 3.13. The van der Waals surface area contributed by atoms with E-state index < -0.39 is 30.4 Å². The highest BCUT2D eigenvalue weighted by Crippen LogP contribution is 2.44. The van der Waals surface area contributed by atoms with Gasteiger partial charge in [0.15, 0.2) is 0 Å². The third-order valence-corrected chi connectivity index (χ3v) is 7.12. The van der Waals surface area contributed by atoms with Crippen LogP contribution in [0.15, 0.2) is 48.5 Å². The lowest BCUT2D eigenvalue weighted by molar-refractivity contribution is -0.143. The number of alkyl carbamates (subject to hydrolysis) is 1. The van der Waals surface area contributed by atoms with Crippen LogP contribution in [0, 0.1) is 5.92 Å². The topological polar surface area (TPSA) is 105 Å². The molecular formula is C27H32N2O6. The maximum Gasteiger partial charge on any atom is 0.407 e. The van der Waals surface area contributed by atoms with E-state index in [9.17, 15) is 19.5 Å². The van der Waals surface area contributed by atoms with Crippen LogP contribution >= 0.6 is 0 Å². The first-order valence-corrected chi connectivity index (χ1v) is 12.0. The van der Waals surface area contributed by atoms with Crippen LogP contribution in [0.4, 0.5) is 4.79 Å². The quantitative estimate of drug-likeness (QED) is 0.538. The standard InChI is InChI=1S/C27H32N2O6/c1-29(15-24(34-2)17-8-7-9-17)26(32)23(14-25(30)31)28-27(33)35-16-22-20-12-5-3-10-18(20)19-11-4-6-13-21(19)22/h3-6,10-13,17,22-24H,7-9,14-16H2,1-2H3,(H,28,33)(H,30,31). The van der Waals surface area contributed by atoms with Crippen molar-refractivity contribution in [1.82, 2.24) is 10.2 Å². The van der Waals surface area contributed by atoms with Gasteiger partial charge in [-0.2, -0.15) is 0 Å². The van der Waals surface area contributed by atoms with E-state index in [-0.39, 0.29) is 18.6 Å². The second-order valence-electron chi connectivity index (χ2n) is 9.30. The molecule has 2 amide bonds. The van der Waals surface area contributed by atoms with Crippen molar-refractivity contribution in [3.8, 4) is 11.1 Å². The van der Waals surface area contributed by atoms with Crippen molar-refractivity contribution in [2.24, 2.45) is 5.92 Å². The molecule has 186 valence electrons. The van der Waals surface area contributed by atoms with Crippen LogP contribution < -0.4 is 5.32 Å². The largest absolute Gasteiger partial charge is 0.481 e. The Bertz CT molecular complexity index is 1040. The number of rotatable bonds is 10. The lowest BCUT2D eigenvalue weighted by atomic mass is 9.81. The van der Waals surface area contributed by atoms with Gasteiger partial charge in [0, 0.05) is 26.6 Å². The molecule has 2 aliphatic rings. The summed E-state index contributed by atoms with van der Waals surface area (Å²) in [6.45, 7) is 0.416. The molecule has 0 heterocycles. The van der Waals surface area contributed by atoms with E-state index in [1.165, 1.54) is 4.90 Å². The number of methoxy groups -OCH3 is 1. The van der Waals surface area contributed by atoms with Crippen molar-refractivity contribution in [2.75, 3.05) is 27.3 Å². The predicted octanol–water partition coefficient (Wildman–Crippen LogP) is 3.64. The third-order valence-electron chi connectivity index (χ3n) is 7.12. The van der Waals surface area contributed by atoms with Crippen molar-refractivity contribution in [3.05, 3.63) is 59.7 Å². The Kier molecular flexibility index (Phi) is 7.70. The SMILES string of the molecule is COC(CN(C)C(=O)C(CC(=O)O)NC(=O)OCC1c2ccccc2-c2ccccc21)C1CCC1. The van der Waals surface area contributed by atoms with Gasteiger partial charge in [0.2, 0.25) is 5.91 Å². The molecule has 0 radical (unpaired) electrons. The van der Waals surface area contributed by atoms with E-state index >= 15 is 0 Å². The maximum atomic E-state index is 13.0. The highest BCUT2D eigenvalue weighted by molar-refractivity contribution is 5.89. The lowest BCUT2D eigenvalue weighted by Gasteiger charge is -2.35. The maximum absolute atomic E-state index is 13.0. The molecule has 0 spiro atoms. The van der Waals surface area contributed by atoms with Gasteiger partial charge >= 0.3 is 12.1 Å². The van der Waals surface area contributed by atoms with Gasteiger partial charge in [-0.05, 0) is 41.0 Å². The van der Waals surface area contributed by atoms with Crippen molar-refractivity contribution >= 4 is 18.0 Å².